The molecule has 0 fully saturated rings. The van der Waals surface area contributed by atoms with Crippen LogP contribution in [0.1, 0.15) is 19.0 Å². The first-order valence-corrected chi connectivity index (χ1v) is 3.58. The van der Waals surface area contributed by atoms with E-state index in [1.54, 1.807) is 0 Å². The number of aryl methyl sites for hydroxylation is 1. The van der Waals surface area contributed by atoms with Crippen LogP contribution in [0.2, 0.25) is 0 Å². The highest BCUT2D eigenvalue weighted by Gasteiger charge is 1.96. The fourth-order valence-electron chi connectivity index (χ4n) is 0.849. The summed E-state index contributed by atoms with van der Waals surface area (Å²) in [6.45, 7) is 2.04. The van der Waals surface area contributed by atoms with Gasteiger partial charge in [-0.25, -0.2) is 0 Å². The van der Waals surface area contributed by atoms with Crippen molar-refractivity contribution in [2.45, 2.75) is 19.8 Å². The number of nitrogens with two attached hydrogens (primary N) is 1. The SMILES string of the molecule is CCCc1cc(=O)c(N)n[nH]1. The van der Waals surface area contributed by atoms with E-state index < -0.39 is 0 Å². The average molecular weight is 153 g/mol. The largest absolute Gasteiger partial charge is 0.379 e. The second kappa shape index (κ2) is 3.18. The van der Waals surface area contributed by atoms with Gasteiger partial charge < -0.3 is 5.73 Å². The van der Waals surface area contributed by atoms with Gasteiger partial charge in [-0.2, -0.15) is 5.10 Å². The summed E-state index contributed by atoms with van der Waals surface area (Å²) in [5.41, 5.74) is 5.87. The predicted molar refractivity (Wildman–Crippen MR) is 43.3 cm³/mol. The zero-order chi connectivity index (χ0) is 8.27. The lowest BCUT2D eigenvalue weighted by Gasteiger charge is -1.96. The molecule has 0 aliphatic heterocycles. The van der Waals surface area contributed by atoms with Crippen LogP contribution in [0.3, 0.4) is 0 Å². The van der Waals surface area contributed by atoms with Gasteiger partial charge in [0.1, 0.15) is 0 Å². The van der Waals surface area contributed by atoms with Gasteiger partial charge in [0.05, 0.1) is 0 Å². The smallest absolute Gasteiger partial charge is 0.224 e. The lowest BCUT2D eigenvalue weighted by Crippen LogP contribution is -2.12. The molecule has 0 saturated carbocycles. The van der Waals surface area contributed by atoms with Crippen molar-refractivity contribution in [3.05, 3.63) is 22.0 Å². The second-order valence-corrected chi connectivity index (χ2v) is 2.39. The monoisotopic (exact) mass is 153 g/mol. The van der Waals surface area contributed by atoms with Gasteiger partial charge in [0.15, 0.2) is 5.82 Å². The lowest BCUT2D eigenvalue weighted by atomic mass is 10.2. The maximum atomic E-state index is 10.9. The number of nitrogen functional groups attached to an aromatic ring is 1. The molecule has 0 aromatic carbocycles. The highest BCUT2D eigenvalue weighted by atomic mass is 16.1. The summed E-state index contributed by atoms with van der Waals surface area (Å²) >= 11 is 0. The van der Waals surface area contributed by atoms with Crippen molar-refractivity contribution in [1.82, 2.24) is 10.2 Å². The van der Waals surface area contributed by atoms with Crippen molar-refractivity contribution in [3.8, 4) is 0 Å². The van der Waals surface area contributed by atoms with Gasteiger partial charge in [0.25, 0.3) is 0 Å². The third kappa shape index (κ3) is 1.80. The number of H-pyrrole nitrogens is 1. The molecule has 4 nitrogen and oxygen atoms in total. The van der Waals surface area contributed by atoms with E-state index in [0.29, 0.717) is 0 Å². The first-order chi connectivity index (χ1) is 5.24. The molecule has 1 heterocycles. The molecule has 0 aliphatic rings. The maximum Gasteiger partial charge on any atom is 0.224 e. The number of aromatic nitrogens is 2. The molecule has 0 atom stereocenters. The molecule has 0 bridgehead atoms. The molecule has 0 radical (unpaired) electrons. The number of nitrogens with zero attached hydrogens (tertiary/aromatic N) is 1. The zero-order valence-electron chi connectivity index (χ0n) is 6.42. The first-order valence-electron chi connectivity index (χ1n) is 3.58. The summed E-state index contributed by atoms with van der Waals surface area (Å²) in [7, 11) is 0. The molecule has 0 spiro atoms. The molecule has 4 heteroatoms. The van der Waals surface area contributed by atoms with E-state index in [4.69, 9.17) is 5.73 Å². The van der Waals surface area contributed by atoms with Crippen LogP contribution < -0.4 is 11.2 Å². The van der Waals surface area contributed by atoms with Crippen LogP contribution in [0.5, 0.6) is 0 Å². The Labute approximate surface area is 64.4 Å². The van der Waals surface area contributed by atoms with Gasteiger partial charge in [-0.15, -0.1) is 0 Å². The van der Waals surface area contributed by atoms with Gasteiger partial charge >= 0.3 is 0 Å². The molecule has 1 aromatic rings. The van der Waals surface area contributed by atoms with Crippen LogP contribution in [0.15, 0.2) is 10.9 Å². The molecule has 1 rings (SSSR count). The maximum absolute atomic E-state index is 10.9. The van der Waals surface area contributed by atoms with E-state index in [-0.39, 0.29) is 11.2 Å². The Balaban J connectivity index is 2.96. The van der Waals surface area contributed by atoms with Crippen LogP contribution in [-0.4, -0.2) is 10.2 Å². The standard InChI is InChI=1S/C7H11N3O/c1-2-3-5-4-6(11)7(8)10-9-5/h4H,2-3H2,1H3,(H2,8,10)(H,9,11). The van der Waals surface area contributed by atoms with Crippen molar-refractivity contribution in [2.75, 3.05) is 5.73 Å². The number of rotatable bonds is 2. The molecule has 0 unspecified atom stereocenters. The number of anilines is 1. The van der Waals surface area contributed by atoms with Gasteiger partial charge in [0.2, 0.25) is 5.43 Å². The third-order valence-corrected chi connectivity index (χ3v) is 1.40. The number of nitrogens with one attached hydrogen (secondary N) is 1. The lowest BCUT2D eigenvalue weighted by molar-refractivity contribution is 0.838. The van der Waals surface area contributed by atoms with Gasteiger partial charge in [-0.1, -0.05) is 13.3 Å². The fraction of sp³-hybridized carbons (Fsp3) is 0.429. The minimum Gasteiger partial charge on any atom is -0.379 e. The molecular weight excluding hydrogens is 142 g/mol. The second-order valence-electron chi connectivity index (χ2n) is 2.39. The summed E-state index contributed by atoms with van der Waals surface area (Å²) in [4.78, 5) is 10.9. The van der Waals surface area contributed by atoms with E-state index in [0.717, 1.165) is 18.5 Å². The Hall–Kier alpha value is -1.32. The van der Waals surface area contributed by atoms with Crippen LogP contribution >= 0.6 is 0 Å². The van der Waals surface area contributed by atoms with Gasteiger partial charge in [-0.05, 0) is 6.42 Å². The van der Waals surface area contributed by atoms with E-state index in [1.165, 1.54) is 6.07 Å². The van der Waals surface area contributed by atoms with Gasteiger partial charge in [-0.3, -0.25) is 9.89 Å². The normalized spacial score (nSPS) is 9.91. The zero-order valence-corrected chi connectivity index (χ0v) is 6.42. The Morgan fingerprint density at radius 3 is 3.00 bits per heavy atom. The van der Waals surface area contributed by atoms with E-state index in [2.05, 4.69) is 10.2 Å². The van der Waals surface area contributed by atoms with E-state index >= 15 is 0 Å². The number of hydrogen-bond acceptors (Lipinski definition) is 3. The molecule has 0 aliphatic carbocycles. The topological polar surface area (TPSA) is 71.8 Å². The van der Waals surface area contributed by atoms with Crippen LogP contribution in [-0.2, 0) is 6.42 Å². The molecule has 0 saturated heterocycles. The van der Waals surface area contributed by atoms with Crippen LogP contribution in [0.25, 0.3) is 0 Å². The van der Waals surface area contributed by atoms with Crippen LogP contribution in [0, 0.1) is 0 Å². The number of hydrogen-bond donors (Lipinski definition) is 2. The van der Waals surface area contributed by atoms with Crippen molar-refractivity contribution in [1.29, 1.82) is 0 Å². The van der Waals surface area contributed by atoms with Crippen molar-refractivity contribution in [2.24, 2.45) is 0 Å². The molecular formula is C7H11N3O. The number of aromatic amines is 1. The Bertz CT molecular complexity index is 292. The molecule has 3 N–H and O–H groups in total. The molecule has 11 heavy (non-hydrogen) atoms. The summed E-state index contributed by atoms with van der Waals surface area (Å²) in [6.07, 6.45) is 1.82. The minimum atomic E-state index is -0.202. The minimum absolute atomic E-state index is 0.0323. The average Bonchev–Trinajstić information content (AvgIpc) is 1.98. The third-order valence-electron chi connectivity index (χ3n) is 1.40. The highest BCUT2D eigenvalue weighted by Crippen LogP contribution is 1.94. The molecule has 0 amide bonds. The Morgan fingerprint density at radius 2 is 2.45 bits per heavy atom. The Morgan fingerprint density at radius 1 is 1.73 bits per heavy atom. The predicted octanol–water partition coefficient (Wildman–Crippen LogP) is 0.305. The Kier molecular flexibility index (Phi) is 2.25. The summed E-state index contributed by atoms with van der Waals surface area (Å²) < 4.78 is 0. The van der Waals surface area contributed by atoms with Crippen molar-refractivity contribution >= 4 is 5.82 Å². The highest BCUT2D eigenvalue weighted by molar-refractivity contribution is 5.25. The summed E-state index contributed by atoms with van der Waals surface area (Å²) in [6, 6.07) is 1.49. The van der Waals surface area contributed by atoms with Crippen molar-refractivity contribution < 1.29 is 0 Å². The first kappa shape index (κ1) is 7.78. The van der Waals surface area contributed by atoms with Crippen LogP contribution in [0.4, 0.5) is 5.82 Å². The van der Waals surface area contributed by atoms with E-state index in [1.807, 2.05) is 6.92 Å². The summed E-state index contributed by atoms with van der Waals surface area (Å²) in [5, 5.41) is 6.34. The quantitative estimate of drug-likeness (QED) is 0.642. The van der Waals surface area contributed by atoms with Gasteiger partial charge in [0, 0.05) is 11.8 Å². The summed E-state index contributed by atoms with van der Waals surface area (Å²) in [5.74, 6) is 0.0323. The molecule has 60 valence electrons. The molecule has 1 aromatic heterocycles. The van der Waals surface area contributed by atoms with E-state index in [9.17, 15) is 4.79 Å². The fourth-order valence-corrected chi connectivity index (χ4v) is 0.849. The van der Waals surface area contributed by atoms with Crippen molar-refractivity contribution in [3.63, 3.8) is 0 Å².